The maximum absolute atomic E-state index is 9.07. The van der Waals surface area contributed by atoms with Gasteiger partial charge in [0.05, 0.1) is 6.61 Å². The molecule has 0 aromatic heterocycles. The third-order valence-electron chi connectivity index (χ3n) is 2.34. The third kappa shape index (κ3) is 1.16. The number of rotatable bonds is 1. The van der Waals surface area contributed by atoms with Gasteiger partial charge in [-0.05, 0) is 29.5 Å². The zero-order valence-electron chi connectivity index (χ0n) is 6.96. The Balaban J connectivity index is 2.48. The summed E-state index contributed by atoms with van der Waals surface area (Å²) in [7, 11) is 0. The second-order valence-electron chi connectivity index (χ2n) is 3.08. The zero-order valence-corrected chi connectivity index (χ0v) is 6.96. The quantitative estimate of drug-likeness (QED) is 0.666. The summed E-state index contributed by atoms with van der Waals surface area (Å²) in [5.41, 5.74) is 3.67. The van der Waals surface area contributed by atoms with E-state index in [4.69, 9.17) is 5.11 Å². The first kappa shape index (κ1) is 7.56. The molecule has 0 amide bonds. The summed E-state index contributed by atoms with van der Waals surface area (Å²) in [6.07, 6.45) is 4.30. The standard InChI is InChI=1S/C11H12O/c12-8-10-6-3-5-9-4-1-2-7-11(9)10/h1-2,4,6-7,12H,3,5,8H2. The molecule has 0 saturated carbocycles. The number of aliphatic hydroxyl groups excluding tert-OH is 1. The monoisotopic (exact) mass is 160 g/mol. The summed E-state index contributed by atoms with van der Waals surface area (Å²) in [6.45, 7) is 0.164. The van der Waals surface area contributed by atoms with Crippen LogP contribution in [0.1, 0.15) is 17.5 Å². The Labute approximate surface area is 72.4 Å². The molecule has 1 aliphatic carbocycles. The van der Waals surface area contributed by atoms with Crippen molar-refractivity contribution >= 4 is 5.57 Å². The molecule has 1 aliphatic rings. The first-order chi connectivity index (χ1) is 5.92. The summed E-state index contributed by atoms with van der Waals surface area (Å²) >= 11 is 0. The molecule has 1 aromatic carbocycles. The van der Waals surface area contributed by atoms with Crippen LogP contribution in [0.15, 0.2) is 30.3 Å². The SMILES string of the molecule is OCC1=CCCc2ccccc21. The molecule has 0 saturated heterocycles. The van der Waals surface area contributed by atoms with E-state index in [1.54, 1.807) is 0 Å². The third-order valence-corrected chi connectivity index (χ3v) is 2.34. The van der Waals surface area contributed by atoms with Gasteiger partial charge in [0.1, 0.15) is 0 Å². The largest absolute Gasteiger partial charge is 0.392 e. The fourth-order valence-electron chi connectivity index (χ4n) is 1.71. The van der Waals surface area contributed by atoms with Crippen molar-refractivity contribution in [2.75, 3.05) is 6.61 Å². The lowest BCUT2D eigenvalue weighted by Gasteiger charge is -2.15. The molecule has 2 rings (SSSR count). The summed E-state index contributed by atoms with van der Waals surface area (Å²) in [4.78, 5) is 0. The van der Waals surface area contributed by atoms with Crippen LogP contribution in [0.5, 0.6) is 0 Å². The van der Waals surface area contributed by atoms with Crippen molar-refractivity contribution in [1.82, 2.24) is 0 Å². The lowest BCUT2D eigenvalue weighted by molar-refractivity contribution is 0.349. The van der Waals surface area contributed by atoms with Gasteiger partial charge in [0.2, 0.25) is 0 Å². The number of benzene rings is 1. The van der Waals surface area contributed by atoms with Gasteiger partial charge in [0.25, 0.3) is 0 Å². The zero-order chi connectivity index (χ0) is 8.39. The van der Waals surface area contributed by atoms with E-state index in [0.717, 1.165) is 18.4 Å². The molecule has 1 aromatic rings. The number of hydrogen-bond acceptors (Lipinski definition) is 1. The molecule has 0 heterocycles. The number of hydrogen-bond donors (Lipinski definition) is 1. The van der Waals surface area contributed by atoms with E-state index in [1.165, 1.54) is 11.1 Å². The second-order valence-corrected chi connectivity index (χ2v) is 3.08. The number of aliphatic hydroxyl groups is 1. The maximum Gasteiger partial charge on any atom is 0.0684 e. The number of fused-ring (bicyclic) bond motifs is 1. The van der Waals surface area contributed by atoms with Gasteiger partial charge in [-0.1, -0.05) is 30.3 Å². The Hall–Kier alpha value is -1.08. The highest BCUT2D eigenvalue weighted by Gasteiger charge is 2.09. The second kappa shape index (κ2) is 3.11. The molecule has 62 valence electrons. The average Bonchev–Trinajstić information content (AvgIpc) is 2.17. The Morgan fingerprint density at radius 1 is 1.25 bits per heavy atom. The fourth-order valence-corrected chi connectivity index (χ4v) is 1.71. The van der Waals surface area contributed by atoms with Crippen LogP contribution in [0.3, 0.4) is 0 Å². The van der Waals surface area contributed by atoms with Crippen molar-refractivity contribution in [2.24, 2.45) is 0 Å². The van der Waals surface area contributed by atoms with Crippen LogP contribution < -0.4 is 0 Å². The molecule has 1 N–H and O–H groups in total. The molecular weight excluding hydrogens is 148 g/mol. The van der Waals surface area contributed by atoms with Gasteiger partial charge in [-0.25, -0.2) is 0 Å². The minimum atomic E-state index is 0.164. The predicted molar refractivity (Wildman–Crippen MR) is 49.8 cm³/mol. The molecule has 0 atom stereocenters. The molecule has 0 spiro atoms. The highest BCUT2D eigenvalue weighted by Crippen LogP contribution is 2.25. The predicted octanol–water partition coefficient (Wildman–Crippen LogP) is 2.01. The maximum atomic E-state index is 9.07. The van der Waals surface area contributed by atoms with Crippen LogP contribution in [0.4, 0.5) is 0 Å². The fraction of sp³-hybridized carbons (Fsp3) is 0.273. The van der Waals surface area contributed by atoms with E-state index < -0.39 is 0 Å². The van der Waals surface area contributed by atoms with Gasteiger partial charge in [-0.3, -0.25) is 0 Å². The average molecular weight is 160 g/mol. The smallest absolute Gasteiger partial charge is 0.0684 e. The summed E-state index contributed by atoms with van der Waals surface area (Å²) in [6, 6.07) is 8.29. The van der Waals surface area contributed by atoms with Gasteiger partial charge in [0, 0.05) is 0 Å². The van der Waals surface area contributed by atoms with E-state index in [-0.39, 0.29) is 6.61 Å². The van der Waals surface area contributed by atoms with Crippen LogP contribution in [0.25, 0.3) is 5.57 Å². The highest BCUT2D eigenvalue weighted by atomic mass is 16.3. The Morgan fingerprint density at radius 2 is 2.08 bits per heavy atom. The molecule has 12 heavy (non-hydrogen) atoms. The van der Waals surface area contributed by atoms with Gasteiger partial charge >= 0.3 is 0 Å². The molecule has 1 nitrogen and oxygen atoms in total. The van der Waals surface area contributed by atoms with Crippen LogP contribution in [-0.2, 0) is 6.42 Å². The van der Waals surface area contributed by atoms with Gasteiger partial charge in [-0.15, -0.1) is 0 Å². The van der Waals surface area contributed by atoms with E-state index in [2.05, 4.69) is 24.3 Å². The molecule has 0 bridgehead atoms. The molecule has 0 unspecified atom stereocenters. The molecular formula is C11H12O. The van der Waals surface area contributed by atoms with E-state index >= 15 is 0 Å². The lowest BCUT2D eigenvalue weighted by Crippen LogP contribution is -2.01. The first-order valence-electron chi connectivity index (χ1n) is 4.30. The van der Waals surface area contributed by atoms with E-state index in [1.807, 2.05) is 6.07 Å². The van der Waals surface area contributed by atoms with Gasteiger partial charge in [0.15, 0.2) is 0 Å². The molecule has 0 radical (unpaired) electrons. The van der Waals surface area contributed by atoms with E-state index in [0.29, 0.717) is 0 Å². The Morgan fingerprint density at radius 3 is 2.92 bits per heavy atom. The number of allylic oxidation sites excluding steroid dienone is 1. The normalized spacial score (nSPS) is 15.2. The van der Waals surface area contributed by atoms with Gasteiger partial charge < -0.3 is 5.11 Å². The number of aryl methyl sites for hydroxylation is 1. The van der Waals surface area contributed by atoms with Crippen molar-refractivity contribution in [2.45, 2.75) is 12.8 Å². The minimum Gasteiger partial charge on any atom is -0.392 e. The van der Waals surface area contributed by atoms with Gasteiger partial charge in [-0.2, -0.15) is 0 Å². The Bertz CT molecular complexity index is 313. The topological polar surface area (TPSA) is 20.2 Å². The first-order valence-corrected chi connectivity index (χ1v) is 4.30. The summed E-state index contributed by atoms with van der Waals surface area (Å²) in [5.74, 6) is 0. The van der Waals surface area contributed by atoms with Crippen molar-refractivity contribution in [3.05, 3.63) is 41.5 Å². The van der Waals surface area contributed by atoms with Crippen LogP contribution >= 0.6 is 0 Å². The van der Waals surface area contributed by atoms with E-state index in [9.17, 15) is 0 Å². The highest BCUT2D eigenvalue weighted by molar-refractivity contribution is 5.70. The van der Waals surface area contributed by atoms with Crippen LogP contribution in [0.2, 0.25) is 0 Å². The van der Waals surface area contributed by atoms with Crippen LogP contribution in [-0.4, -0.2) is 11.7 Å². The lowest BCUT2D eigenvalue weighted by atomic mass is 9.91. The molecule has 1 heteroatoms. The van der Waals surface area contributed by atoms with Crippen molar-refractivity contribution in [3.63, 3.8) is 0 Å². The summed E-state index contributed by atoms with van der Waals surface area (Å²) in [5, 5.41) is 9.07. The van der Waals surface area contributed by atoms with Crippen LogP contribution in [0, 0.1) is 0 Å². The summed E-state index contributed by atoms with van der Waals surface area (Å²) < 4.78 is 0. The van der Waals surface area contributed by atoms with Crippen molar-refractivity contribution in [3.8, 4) is 0 Å². The van der Waals surface area contributed by atoms with Crippen molar-refractivity contribution < 1.29 is 5.11 Å². The molecule has 0 aliphatic heterocycles. The van der Waals surface area contributed by atoms with Crippen molar-refractivity contribution in [1.29, 1.82) is 0 Å². The molecule has 0 fully saturated rings. The minimum absolute atomic E-state index is 0.164. The Kier molecular flexibility index (Phi) is 1.96.